The van der Waals surface area contributed by atoms with Crippen LogP contribution in [0.3, 0.4) is 0 Å². The lowest BCUT2D eigenvalue weighted by atomic mass is 10.0. The van der Waals surface area contributed by atoms with Crippen molar-refractivity contribution in [1.82, 2.24) is 9.55 Å². The summed E-state index contributed by atoms with van der Waals surface area (Å²) in [6.45, 7) is 1.93. The van der Waals surface area contributed by atoms with Crippen LogP contribution in [0.5, 0.6) is 0 Å². The zero-order chi connectivity index (χ0) is 26.2. The number of ether oxygens (including phenoxy) is 1. The number of aromatic amines is 1. The van der Waals surface area contributed by atoms with E-state index in [4.69, 9.17) is 10.5 Å². The van der Waals surface area contributed by atoms with Crippen molar-refractivity contribution in [3.05, 3.63) is 80.0 Å². The highest BCUT2D eigenvalue weighted by Crippen LogP contribution is 2.35. The molecule has 3 aromatic rings. The molecule has 0 atom stereocenters. The van der Waals surface area contributed by atoms with Gasteiger partial charge in [0.25, 0.3) is 11.5 Å². The Hall–Kier alpha value is -4.03. The van der Waals surface area contributed by atoms with E-state index in [1.165, 1.54) is 37.4 Å². The third-order valence-electron chi connectivity index (χ3n) is 5.88. The molecule has 2 heterocycles. The fourth-order valence-electron chi connectivity index (χ4n) is 4.15. The molecule has 1 aliphatic heterocycles. The number of fused-ring (bicyclic) bond motifs is 2. The molecular formula is C24H24N4O7S. The van der Waals surface area contributed by atoms with E-state index in [0.717, 1.165) is 15.5 Å². The first-order chi connectivity index (χ1) is 17.1. The lowest BCUT2D eigenvalue weighted by Gasteiger charge is -2.25. The number of aromatic nitrogens is 2. The highest BCUT2D eigenvalue weighted by molar-refractivity contribution is 7.91. The maximum absolute atomic E-state index is 13.6. The number of sulfone groups is 1. The summed E-state index contributed by atoms with van der Waals surface area (Å²) in [5.41, 5.74) is 4.23. The van der Waals surface area contributed by atoms with Gasteiger partial charge in [0.05, 0.1) is 16.4 Å². The SMILES string of the molecule is CCCn1c(N)c(N(CCOC)C(=O)c2ccc3c(c2)S(=O)(=O)c2ccccc2C3=O)c(=O)[nH]c1=O. The van der Waals surface area contributed by atoms with Gasteiger partial charge < -0.3 is 10.5 Å². The predicted octanol–water partition coefficient (Wildman–Crippen LogP) is 1.20. The molecule has 188 valence electrons. The van der Waals surface area contributed by atoms with E-state index in [9.17, 15) is 27.6 Å². The van der Waals surface area contributed by atoms with E-state index in [1.54, 1.807) is 6.07 Å². The molecule has 36 heavy (non-hydrogen) atoms. The fraction of sp³-hybridized carbons (Fsp3) is 0.250. The highest BCUT2D eigenvalue weighted by Gasteiger charge is 2.36. The summed E-state index contributed by atoms with van der Waals surface area (Å²) >= 11 is 0. The summed E-state index contributed by atoms with van der Waals surface area (Å²) in [5, 5.41) is 0. The van der Waals surface area contributed by atoms with E-state index < -0.39 is 32.8 Å². The average Bonchev–Trinajstić information content (AvgIpc) is 2.86. The summed E-state index contributed by atoms with van der Waals surface area (Å²) in [5.74, 6) is -1.43. The number of anilines is 2. The van der Waals surface area contributed by atoms with Crippen molar-refractivity contribution in [1.29, 1.82) is 0 Å². The van der Waals surface area contributed by atoms with Crippen LogP contribution < -0.4 is 21.9 Å². The quantitative estimate of drug-likeness (QED) is 0.373. The Bertz CT molecular complexity index is 1610. The number of methoxy groups -OCH3 is 1. The van der Waals surface area contributed by atoms with Crippen molar-refractivity contribution >= 4 is 33.0 Å². The summed E-state index contributed by atoms with van der Waals surface area (Å²) < 4.78 is 32.8. The van der Waals surface area contributed by atoms with Gasteiger partial charge >= 0.3 is 5.69 Å². The Morgan fingerprint density at radius 3 is 2.47 bits per heavy atom. The molecule has 11 nitrogen and oxygen atoms in total. The third-order valence-corrected chi connectivity index (χ3v) is 7.73. The first-order valence-corrected chi connectivity index (χ1v) is 12.6. The molecule has 2 aromatic carbocycles. The van der Waals surface area contributed by atoms with E-state index in [-0.39, 0.29) is 57.7 Å². The van der Waals surface area contributed by atoms with Gasteiger partial charge in [0.15, 0.2) is 11.5 Å². The second-order valence-electron chi connectivity index (χ2n) is 8.13. The first kappa shape index (κ1) is 25.1. The second kappa shape index (κ2) is 9.55. The van der Waals surface area contributed by atoms with Crippen LogP contribution in [0.25, 0.3) is 0 Å². The summed E-state index contributed by atoms with van der Waals surface area (Å²) in [6.07, 6.45) is 0.541. The van der Waals surface area contributed by atoms with Gasteiger partial charge in [-0.2, -0.15) is 0 Å². The minimum Gasteiger partial charge on any atom is -0.383 e. The smallest absolute Gasteiger partial charge is 0.330 e. The molecule has 3 N–H and O–H groups in total. The van der Waals surface area contributed by atoms with Crippen molar-refractivity contribution in [3.8, 4) is 0 Å². The summed E-state index contributed by atoms with van der Waals surface area (Å²) in [4.78, 5) is 54.3. The van der Waals surface area contributed by atoms with Gasteiger partial charge in [0.1, 0.15) is 5.82 Å². The van der Waals surface area contributed by atoms with Crippen molar-refractivity contribution in [2.75, 3.05) is 30.9 Å². The number of hydrogen-bond donors (Lipinski definition) is 2. The standard InChI is InChI=1S/C24H24N4O7S/c1-3-10-28-21(25)19(22(30)26-24(28)32)27(11-12-35-2)23(31)14-8-9-16-18(13-14)36(33,34)17-7-5-4-6-15(17)20(16)29/h4-9,13H,3,10-12,25H2,1-2H3,(H,26,30,32). The number of nitrogens with one attached hydrogen (secondary N) is 1. The molecule has 4 rings (SSSR count). The molecule has 1 aliphatic rings. The molecule has 0 bridgehead atoms. The van der Waals surface area contributed by atoms with Crippen molar-refractivity contribution in [3.63, 3.8) is 0 Å². The van der Waals surface area contributed by atoms with Gasteiger partial charge in [-0.25, -0.2) is 13.2 Å². The maximum atomic E-state index is 13.6. The highest BCUT2D eigenvalue weighted by atomic mass is 32.2. The van der Waals surface area contributed by atoms with Crippen LogP contribution in [0.4, 0.5) is 11.5 Å². The number of benzene rings is 2. The number of ketones is 1. The van der Waals surface area contributed by atoms with Gasteiger partial charge in [-0.3, -0.25) is 28.8 Å². The lowest BCUT2D eigenvalue weighted by molar-refractivity contribution is 0.0972. The minimum atomic E-state index is -4.09. The Morgan fingerprint density at radius 1 is 1.08 bits per heavy atom. The number of nitrogens with two attached hydrogens (primary N) is 1. The first-order valence-electron chi connectivity index (χ1n) is 11.1. The van der Waals surface area contributed by atoms with Crippen molar-refractivity contribution in [2.24, 2.45) is 0 Å². The van der Waals surface area contributed by atoms with E-state index in [0.29, 0.717) is 6.42 Å². The number of H-pyrrole nitrogens is 1. The number of rotatable bonds is 7. The molecule has 0 unspecified atom stereocenters. The van der Waals surface area contributed by atoms with E-state index in [1.807, 2.05) is 6.92 Å². The van der Waals surface area contributed by atoms with E-state index in [2.05, 4.69) is 4.98 Å². The molecule has 0 radical (unpaired) electrons. The third kappa shape index (κ3) is 4.03. The van der Waals surface area contributed by atoms with Crippen LogP contribution in [0.1, 0.15) is 39.6 Å². The van der Waals surface area contributed by atoms with Gasteiger partial charge in [-0.1, -0.05) is 19.1 Å². The predicted molar refractivity (Wildman–Crippen MR) is 131 cm³/mol. The average molecular weight is 513 g/mol. The van der Waals surface area contributed by atoms with Gasteiger partial charge in [-0.05, 0) is 36.8 Å². The second-order valence-corrected chi connectivity index (χ2v) is 10.0. The molecule has 0 saturated heterocycles. The fourth-order valence-corrected chi connectivity index (χ4v) is 5.83. The molecule has 1 aromatic heterocycles. The normalized spacial score (nSPS) is 13.7. The van der Waals surface area contributed by atoms with E-state index >= 15 is 0 Å². The molecular weight excluding hydrogens is 488 g/mol. The number of carbonyl (C=O) groups is 2. The van der Waals surface area contributed by atoms with Crippen molar-refractivity contribution in [2.45, 2.75) is 29.7 Å². The zero-order valence-corrected chi connectivity index (χ0v) is 20.4. The number of amides is 1. The van der Waals surface area contributed by atoms with Crippen molar-refractivity contribution < 1.29 is 22.7 Å². The molecule has 12 heteroatoms. The Balaban J connectivity index is 1.86. The Morgan fingerprint density at radius 2 is 1.78 bits per heavy atom. The summed E-state index contributed by atoms with van der Waals surface area (Å²) in [7, 11) is -2.68. The molecule has 0 aliphatic carbocycles. The number of hydrogen-bond acceptors (Lipinski definition) is 8. The van der Waals surface area contributed by atoms with Gasteiger partial charge in [0, 0.05) is 36.9 Å². The van der Waals surface area contributed by atoms with Crippen LogP contribution in [0, 0.1) is 0 Å². The molecule has 0 fully saturated rings. The Kier molecular flexibility index (Phi) is 6.65. The number of carbonyl (C=O) groups excluding carboxylic acids is 2. The number of nitrogen functional groups attached to an aromatic ring is 1. The van der Waals surface area contributed by atoms with Crippen LogP contribution in [0.15, 0.2) is 61.8 Å². The molecule has 1 amide bonds. The Labute approximate surface area is 206 Å². The van der Waals surface area contributed by atoms with Gasteiger partial charge in [0.2, 0.25) is 9.84 Å². The van der Waals surface area contributed by atoms with Gasteiger partial charge in [-0.15, -0.1) is 0 Å². The van der Waals surface area contributed by atoms with Crippen LogP contribution in [-0.4, -0.2) is 49.9 Å². The lowest BCUT2D eigenvalue weighted by Crippen LogP contribution is -2.42. The van der Waals surface area contributed by atoms with Crippen LogP contribution in [0.2, 0.25) is 0 Å². The van der Waals surface area contributed by atoms with Crippen LogP contribution in [-0.2, 0) is 21.1 Å². The topological polar surface area (TPSA) is 162 Å². The number of nitrogens with zero attached hydrogens (tertiary/aromatic N) is 2. The summed E-state index contributed by atoms with van der Waals surface area (Å²) in [6, 6.07) is 9.56. The molecule has 0 spiro atoms. The minimum absolute atomic E-state index is 0.0205. The monoisotopic (exact) mass is 512 g/mol. The van der Waals surface area contributed by atoms with Crippen LogP contribution >= 0.6 is 0 Å². The molecule has 0 saturated carbocycles. The zero-order valence-electron chi connectivity index (χ0n) is 19.6. The maximum Gasteiger partial charge on any atom is 0.330 e. The largest absolute Gasteiger partial charge is 0.383 e.